The molecule has 9 heteroatoms. The first kappa shape index (κ1) is 14.5. The summed E-state index contributed by atoms with van der Waals surface area (Å²) in [6.45, 7) is 1.75. The molecule has 0 atom stereocenters. The number of aromatic nitrogens is 2. The van der Waals surface area contributed by atoms with E-state index in [2.05, 4.69) is 20.1 Å². The van der Waals surface area contributed by atoms with Crippen LogP contribution < -0.4 is 16.0 Å². The molecule has 0 unspecified atom stereocenters. The van der Waals surface area contributed by atoms with Gasteiger partial charge in [-0.15, -0.1) is 0 Å². The fraction of sp³-hybridized carbons (Fsp3) is 0.0909. The highest BCUT2D eigenvalue weighted by Gasteiger charge is 2.18. The van der Waals surface area contributed by atoms with Gasteiger partial charge in [-0.25, -0.2) is 24.2 Å². The molecule has 106 valence electrons. The van der Waals surface area contributed by atoms with Gasteiger partial charge in [-0.05, 0) is 24.6 Å². The monoisotopic (exact) mass is 313 g/mol. The number of nitrogens with zero attached hydrogens (tertiary/aromatic N) is 2. The summed E-state index contributed by atoms with van der Waals surface area (Å²) >= 11 is 5.86. The van der Waals surface area contributed by atoms with E-state index >= 15 is 0 Å². The molecule has 0 aliphatic carbocycles. The maximum absolute atomic E-state index is 12.2. The van der Waals surface area contributed by atoms with Crippen LogP contribution in [0.1, 0.15) is 5.56 Å². The van der Waals surface area contributed by atoms with Gasteiger partial charge in [0.25, 0.3) is 10.0 Å². The smallest absolute Gasteiger partial charge is 0.264 e. The fourth-order valence-electron chi connectivity index (χ4n) is 1.45. The molecule has 2 aromatic rings. The van der Waals surface area contributed by atoms with E-state index in [4.69, 9.17) is 17.4 Å². The van der Waals surface area contributed by atoms with Crippen molar-refractivity contribution in [3.63, 3.8) is 0 Å². The van der Waals surface area contributed by atoms with Crippen LogP contribution in [0.15, 0.2) is 35.5 Å². The summed E-state index contributed by atoms with van der Waals surface area (Å²) in [6.07, 6.45) is 2.65. The van der Waals surface area contributed by atoms with Gasteiger partial charge in [0.1, 0.15) is 10.7 Å². The molecule has 2 aromatic heterocycles. The Morgan fingerprint density at radius 1 is 1.30 bits per heavy atom. The number of hydrogen-bond acceptors (Lipinski definition) is 6. The molecule has 0 radical (unpaired) electrons. The zero-order valence-corrected chi connectivity index (χ0v) is 12.0. The van der Waals surface area contributed by atoms with E-state index in [1.165, 1.54) is 12.3 Å². The van der Waals surface area contributed by atoms with Crippen LogP contribution in [0.2, 0.25) is 5.02 Å². The molecule has 20 heavy (non-hydrogen) atoms. The van der Waals surface area contributed by atoms with E-state index in [0.717, 1.165) is 6.20 Å². The van der Waals surface area contributed by atoms with Crippen molar-refractivity contribution in [2.24, 2.45) is 5.84 Å². The molecule has 7 nitrogen and oxygen atoms in total. The topological polar surface area (TPSA) is 110 Å². The summed E-state index contributed by atoms with van der Waals surface area (Å²) < 4.78 is 26.8. The van der Waals surface area contributed by atoms with Crippen LogP contribution in [-0.4, -0.2) is 18.4 Å². The van der Waals surface area contributed by atoms with Crippen LogP contribution in [0.25, 0.3) is 0 Å². The van der Waals surface area contributed by atoms with Crippen molar-refractivity contribution in [1.82, 2.24) is 9.97 Å². The number of rotatable bonds is 4. The van der Waals surface area contributed by atoms with Gasteiger partial charge in [0.15, 0.2) is 5.82 Å². The lowest BCUT2D eigenvalue weighted by molar-refractivity contribution is 0.600. The molecule has 0 saturated heterocycles. The Bertz CT molecular complexity index is 735. The molecule has 0 saturated carbocycles. The molecular weight excluding hydrogens is 302 g/mol. The summed E-state index contributed by atoms with van der Waals surface area (Å²) in [5.41, 5.74) is 2.97. The van der Waals surface area contributed by atoms with Gasteiger partial charge in [-0.3, -0.25) is 4.72 Å². The third kappa shape index (κ3) is 2.98. The van der Waals surface area contributed by atoms with Crippen molar-refractivity contribution in [3.8, 4) is 0 Å². The standard InChI is InChI=1S/C11H12ClN5O2S/c1-7-3-2-4-14-10(7)17-20(18,19)8-5-9(12)11(16-13)15-6-8/h2-6H,13H2,1H3,(H,14,17)(H,15,16). The van der Waals surface area contributed by atoms with Crippen molar-refractivity contribution < 1.29 is 8.42 Å². The first-order valence-corrected chi connectivity index (χ1v) is 7.37. The zero-order chi connectivity index (χ0) is 14.8. The highest BCUT2D eigenvalue weighted by molar-refractivity contribution is 7.92. The number of pyridine rings is 2. The van der Waals surface area contributed by atoms with Crippen molar-refractivity contribution in [2.45, 2.75) is 11.8 Å². The predicted molar refractivity (Wildman–Crippen MR) is 76.8 cm³/mol. The van der Waals surface area contributed by atoms with Crippen LogP contribution in [0.3, 0.4) is 0 Å². The highest BCUT2D eigenvalue weighted by Crippen LogP contribution is 2.23. The summed E-state index contributed by atoms with van der Waals surface area (Å²) in [4.78, 5) is 7.71. The van der Waals surface area contributed by atoms with Gasteiger partial charge in [0.2, 0.25) is 0 Å². The maximum Gasteiger partial charge on any atom is 0.264 e. The van der Waals surface area contributed by atoms with Crippen molar-refractivity contribution >= 4 is 33.3 Å². The summed E-state index contributed by atoms with van der Waals surface area (Å²) in [7, 11) is -3.81. The van der Waals surface area contributed by atoms with Crippen LogP contribution >= 0.6 is 11.6 Å². The Kier molecular flexibility index (Phi) is 4.07. The van der Waals surface area contributed by atoms with Gasteiger partial charge < -0.3 is 5.43 Å². The number of nitrogens with two attached hydrogens (primary N) is 1. The van der Waals surface area contributed by atoms with Crippen molar-refractivity contribution in [1.29, 1.82) is 0 Å². The molecule has 4 N–H and O–H groups in total. The second-order valence-corrected chi connectivity index (χ2v) is 6.01. The Hall–Kier alpha value is -1.90. The van der Waals surface area contributed by atoms with E-state index in [1.54, 1.807) is 19.1 Å². The van der Waals surface area contributed by atoms with Crippen LogP contribution in [0.5, 0.6) is 0 Å². The minimum atomic E-state index is -3.81. The third-order valence-corrected chi connectivity index (χ3v) is 4.10. The quantitative estimate of drug-likeness (QED) is 0.583. The van der Waals surface area contributed by atoms with E-state index in [9.17, 15) is 8.42 Å². The average molecular weight is 314 g/mol. The third-order valence-electron chi connectivity index (χ3n) is 2.50. The highest BCUT2D eigenvalue weighted by atomic mass is 35.5. The van der Waals surface area contributed by atoms with E-state index < -0.39 is 10.0 Å². The Labute approximate surface area is 121 Å². The Morgan fingerprint density at radius 3 is 2.65 bits per heavy atom. The minimum absolute atomic E-state index is 0.0773. The second-order valence-electron chi connectivity index (χ2n) is 3.92. The van der Waals surface area contributed by atoms with E-state index in [-0.39, 0.29) is 21.6 Å². The number of anilines is 2. The first-order chi connectivity index (χ1) is 9.44. The van der Waals surface area contributed by atoms with Crippen molar-refractivity contribution in [2.75, 3.05) is 10.1 Å². The largest absolute Gasteiger partial charge is 0.307 e. The lowest BCUT2D eigenvalue weighted by Crippen LogP contribution is -2.16. The SMILES string of the molecule is Cc1cccnc1NS(=O)(=O)c1cnc(NN)c(Cl)c1. The average Bonchev–Trinajstić information content (AvgIpc) is 2.41. The number of nitrogen functional groups attached to an aromatic ring is 1. The molecule has 0 amide bonds. The van der Waals surface area contributed by atoms with Gasteiger partial charge in [-0.1, -0.05) is 17.7 Å². The lowest BCUT2D eigenvalue weighted by Gasteiger charge is -2.10. The fourth-order valence-corrected chi connectivity index (χ4v) is 2.79. The normalized spacial score (nSPS) is 11.2. The molecule has 2 rings (SSSR count). The summed E-state index contributed by atoms with van der Waals surface area (Å²) in [6, 6.07) is 4.72. The first-order valence-electron chi connectivity index (χ1n) is 5.50. The van der Waals surface area contributed by atoms with Gasteiger partial charge in [-0.2, -0.15) is 0 Å². The number of aryl methyl sites for hydroxylation is 1. The molecule has 0 aliphatic heterocycles. The molecule has 0 spiro atoms. The molecule has 0 aliphatic rings. The number of hydrogen-bond donors (Lipinski definition) is 3. The molecule has 0 aromatic carbocycles. The molecule has 2 heterocycles. The van der Waals surface area contributed by atoms with E-state index in [0.29, 0.717) is 5.56 Å². The van der Waals surface area contributed by atoms with Gasteiger partial charge in [0.05, 0.1) is 5.02 Å². The summed E-state index contributed by atoms with van der Waals surface area (Å²) in [5, 5.41) is 0.105. The Balaban J connectivity index is 2.36. The molecular formula is C11H12ClN5O2S. The van der Waals surface area contributed by atoms with Crippen LogP contribution in [0.4, 0.5) is 11.6 Å². The number of nitrogens with one attached hydrogen (secondary N) is 2. The number of hydrazine groups is 1. The number of halogens is 1. The van der Waals surface area contributed by atoms with E-state index in [1.807, 2.05) is 0 Å². The molecule has 0 fully saturated rings. The second kappa shape index (κ2) is 5.61. The van der Waals surface area contributed by atoms with Crippen molar-refractivity contribution in [3.05, 3.63) is 41.2 Å². The van der Waals surface area contributed by atoms with Crippen LogP contribution in [-0.2, 0) is 10.0 Å². The minimum Gasteiger partial charge on any atom is -0.307 e. The van der Waals surface area contributed by atoms with Crippen LogP contribution in [0, 0.1) is 6.92 Å². The zero-order valence-electron chi connectivity index (χ0n) is 10.5. The number of sulfonamides is 1. The predicted octanol–water partition coefficient (Wildman–Crippen LogP) is 1.52. The van der Waals surface area contributed by atoms with Gasteiger partial charge >= 0.3 is 0 Å². The Morgan fingerprint density at radius 2 is 2.05 bits per heavy atom. The summed E-state index contributed by atoms with van der Waals surface area (Å²) in [5.74, 6) is 5.63. The maximum atomic E-state index is 12.2. The van der Waals surface area contributed by atoms with Gasteiger partial charge in [0, 0.05) is 12.4 Å². The lowest BCUT2D eigenvalue weighted by atomic mass is 10.3. The molecule has 0 bridgehead atoms.